The number of aliphatic hydroxyl groups excluding tert-OH is 1. The van der Waals surface area contributed by atoms with Crippen LogP contribution in [0.25, 0.3) is 5.70 Å². The lowest BCUT2D eigenvalue weighted by molar-refractivity contribution is 0.172. The van der Waals surface area contributed by atoms with Crippen LogP contribution in [0.1, 0.15) is 18.9 Å². The van der Waals surface area contributed by atoms with E-state index >= 15 is 0 Å². The van der Waals surface area contributed by atoms with Gasteiger partial charge in [0, 0.05) is 12.6 Å². The molecule has 0 aromatic heterocycles. The summed E-state index contributed by atoms with van der Waals surface area (Å²) in [5.41, 5.74) is 1.41. The molecular formula is C12H15N3O. The van der Waals surface area contributed by atoms with E-state index in [9.17, 15) is 5.11 Å². The van der Waals surface area contributed by atoms with Crippen LogP contribution in [0.2, 0.25) is 0 Å². The normalized spacial score (nSPS) is 20.4. The average molecular weight is 217 g/mol. The Hall–Kier alpha value is -1.84. The van der Waals surface area contributed by atoms with E-state index in [1.807, 2.05) is 44.3 Å². The number of benzene rings is 1. The minimum atomic E-state index is -0.0625. The zero-order valence-corrected chi connectivity index (χ0v) is 9.46. The maximum Gasteiger partial charge on any atom is 0.217 e. The second-order valence-corrected chi connectivity index (χ2v) is 3.75. The summed E-state index contributed by atoms with van der Waals surface area (Å²) in [6.07, 6.45) is 0.763. The highest BCUT2D eigenvalue weighted by atomic mass is 16.3. The number of rotatable bonds is 2. The van der Waals surface area contributed by atoms with Gasteiger partial charge in [-0.05, 0) is 6.42 Å². The van der Waals surface area contributed by atoms with Crippen molar-refractivity contribution in [1.29, 1.82) is 0 Å². The van der Waals surface area contributed by atoms with Crippen LogP contribution < -0.4 is 0 Å². The molecule has 16 heavy (non-hydrogen) atoms. The second kappa shape index (κ2) is 4.35. The molecule has 1 heterocycles. The van der Waals surface area contributed by atoms with Gasteiger partial charge >= 0.3 is 0 Å². The molecule has 1 aromatic carbocycles. The van der Waals surface area contributed by atoms with Crippen LogP contribution in [0.4, 0.5) is 0 Å². The second-order valence-electron chi connectivity index (χ2n) is 3.75. The van der Waals surface area contributed by atoms with E-state index < -0.39 is 0 Å². The van der Waals surface area contributed by atoms with Crippen molar-refractivity contribution in [2.45, 2.75) is 19.5 Å². The summed E-state index contributed by atoms with van der Waals surface area (Å²) < 4.78 is 0. The monoisotopic (exact) mass is 217 g/mol. The van der Waals surface area contributed by atoms with Crippen molar-refractivity contribution in [2.24, 2.45) is 10.2 Å². The Morgan fingerprint density at radius 3 is 2.62 bits per heavy atom. The third kappa shape index (κ3) is 1.78. The van der Waals surface area contributed by atoms with E-state index in [0.29, 0.717) is 5.70 Å². The first kappa shape index (κ1) is 10.7. The zero-order valence-electron chi connectivity index (χ0n) is 9.46. The Kier molecular flexibility index (Phi) is 2.90. The van der Waals surface area contributed by atoms with Gasteiger partial charge in [-0.25, -0.2) is 0 Å². The topological polar surface area (TPSA) is 48.2 Å². The van der Waals surface area contributed by atoms with Crippen LogP contribution in [0.3, 0.4) is 0 Å². The van der Waals surface area contributed by atoms with E-state index in [1.54, 1.807) is 4.90 Å². The van der Waals surface area contributed by atoms with Gasteiger partial charge < -0.3 is 10.0 Å². The van der Waals surface area contributed by atoms with Crippen LogP contribution in [-0.2, 0) is 0 Å². The largest absolute Gasteiger partial charge is 0.493 e. The summed E-state index contributed by atoms with van der Waals surface area (Å²) in [5, 5.41) is 18.3. The van der Waals surface area contributed by atoms with Gasteiger partial charge in [-0.1, -0.05) is 37.3 Å². The van der Waals surface area contributed by atoms with Gasteiger partial charge in [0.15, 0.2) is 5.70 Å². The van der Waals surface area contributed by atoms with Crippen LogP contribution >= 0.6 is 0 Å². The van der Waals surface area contributed by atoms with Gasteiger partial charge in [-0.3, -0.25) is 0 Å². The first-order valence-corrected chi connectivity index (χ1v) is 5.36. The van der Waals surface area contributed by atoms with Crippen LogP contribution in [0, 0.1) is 0 Å². The molecule has 0 bridgehead atoms. The molecule has 4 nitrogen and oxygen atoms in total. The van der Waals surface area contributed by atoms with Crippen molar-refractivity contribution < 1.29 is 5.11 Å². The molecule has 1 aliphatic rings. The summed E-state index contributed by atoms with van der Waals surface area (Å²) in [6, 6.07) is 9.57. The number of hydrogen-bond donors (Lipinski definition) is 1. The fourth-order valence-electron chi connectivity index (χ4n) is 1.69. The molecule has 1 aromatic rings. The predicted octanol–water partition coefficient (Wildman–Crippen LogP) is 3.00. The molecule has 0 saturated carbocycles. The van der Waals surface area contributed by atoms with Crippen molar-refractivity contribution >= 4 is 5.70 Å². The lowest BCUT2D eigenvalue weighted by Crippen LogP contribution is -2.31. The first-order chi connectivity index (χ1) is 7.74. The highest BCUT2D eigenvalue weighted by Crippen LogP contribution is 2.27. The van der Waals surface area contributed by atoms with Crippen molar-refractivity contribution in [3.63, 3.8) is 0 Å². The summed E-state index contributed by atoms with van der Waals surface area (Å²) in [6.45, 7) is 2.01. The number of azo groups is 1. The van der Waals surface area contributed by atoms with Crippen molar-refractivity contribution in [3.8, 4) is 0 Å². The molecule has 0 radical (unpaired) electrons. The third-order valence-electron chi connectivity index (χ3n) is 2.70. The lowest BCUT2D eigenvalue weighted by Gasteiger charge is -2.28. The van der Waals surface area contributed by atoms with E-state index in [1.165, 1.54) is 0 Å². The van der Waals surface area contributed by atoms with Gasteiger partial charge in [0.1, 0.15) is 6.17 Å². The molecule has 1 N–H and O–H groups in total. The van der Waals surface area contributed by atoms with Crippen molar-refractivity contribution in [2.75, 3.05) is 7.05 Å². The van der Waals surface area contributed by atoms with Gasteiger partial charge in [-0.15, -0.1) is 5.11 Å². The van der Waals surface area contributed by atoms with E-state index in [0.717, 1.165) is 12.0 Å². The van der Waals surface area contributed by atoms with Gasteiger partial charge in [0.05, 0.1) is 0 Å². The van der Waals surface area contributed by atoms with Crippen LogP contribution in [0.15, 0.2) is 46.4 Å². The molecule has 0 saturated heterocycles. The Morgan fingerprint density at radius 2 is 2.00 bits per heavy atom. The summed E-state index contributed by atoms with van der Waals surface area (Å²) >= 11 is 0. The first-order valence-electron chi connectivity index (χ1n) is 5.36. The molecule has 1 aliphatic heterocycles. The van der Waals surface area contributed by atoms with Crippen molar-refractivity contribution in [3.05, 3.63) is 41.8 Å². The molecule has 1 unspecified atom stereocenters. The van der Waals surface area contributed by atoms with Crippen molar-refractivity contribution in [1.82, 2.24) is 4.90 Å². The van der Waals surface area contributed by atoms with E-state index in [4.69, 9.17) is 0 Å². The van der Waals surface area contributed by atoms with Crippen LogP contribution in [-0.4, -0.2) is 23.2 Å². The summed E-state index contributed by atoms with van der Waals surface area (Å²) in [4.78, 5) is 1.75. The number of nitrogens with zero attached hydrogens (tertiary/aromatic N) is 3. The van der Waals surface area contributed by atoms with Gasteiger partial charge in [-0.2, -0.15) is 5.11 Å². The fraction of sp³-hybridized carbons (Fsp3) is 0.333. The molecule has 0 amide bonds. The number of aliphatic hydroxyl groups is 1. The van der Waals surface area contributed by atoms with E-state index in [-0.39, 0.29) is 12.0 Å². The highest BCUT2D eigenvalue weighted by Gasteiger charge is 2.23. The van der Waals surface area contributed by atoms with Gasteiger partial charge in [0.25, 0.3) is 0 Å². The highest BCUT2D eigenvalue weighted by molar-refractivity contribution is 5.65. The molecular weight excluding hydrogens is 202 g/mol. The average Bonchev–Trinajstić information content (AvgIpc) is 2.34. The molecule has 2 rings (SSSR count). The Labute approximate surface area is 94.9 Å². The minimum Gasteiger partial charge on any atom is -0.493 e. The molecule has 4 heteroatoms. The Morgan fingerprint density at radius 1 is 1.31 bits per heavy atom. The zero-order chi connectivity index (χ0) is 11.5. The maximum atomic E-state index is 10.0. The van der Waals surface area contributed by atoms with E-state index in [2.05, 4.69) is 10.2 Å². The lowest BCUT2D eigenvalue weighted by atomic mass is 10.1. The summed E-state index contributed by atoms with van der Waals surface area (Å²) in [7, 11) is 1.82. The standard InChI is InChI=1S/C12H15N3O/c1-3-10-13-14-11(12(16)15(10)2)9-7-5-4-6-8-9/h4-8,10,16H,3H2,1-2H3. The smallest absolute Gasteiger partial charge is 0.217 e. The number of hydrogen-bond acceptors (Lipinski definition) is 4. The molecule has 0 aliphatic carbocycles. The maximum absolute atomic E-state index is 10.0. The third-order valence-corrected chi connectivity index (χ3v) is 2.70. The Bertz CT molecular complexity index is 425. The molecule has 0 spiro atoms. The van der Waals surface area contributed by atoms with Gasteiger partial charge in [0.2, 0.25) is 5.88 Å². The summed E-state index contributed by atoms with van der Waals surface area (Å²) in [5.74, 6) is 0.188. The SMILES string of the molecule is CCC1N=NC(c2ccccc2)=C(O)N1C. The minimum absolute atomic E-state index is 0.0625. The Balaban J connectivity index is 2.37. The predicted molar refractivity (Wildman–Crippen MR) is 62.7 cm³/mol. The quantitative estimate of drug-likeness (QED) is 0.827. The fourth-order valence-corrected chi connectivity index (χ4v) is 1.69. The molecule has 1 atom stereocenters. The van der Waals surface area contributed by atoms with Crippen LogP contribution in [0.5, 0.6) is 0 Å². The molecule has 0 fully saturated rings. The molecule has 84 valence electrons.